The Balaban J connectivity index is 2.10. The zero-order chi connectivity index (χ0) is 13.7. The summed E-state index contributed by atoms with van der Waals surface area (Å²) in [5.74, 6) is -0.325. The lowest BCUT2D eigenvalue weighted by Gasteiger charge is -2.12. The van der Waals surface area contributed by atoms with E-state index >= 15 is 0 Å². The van der Waals surface area contributed by atoms with Crippen LogP contribution in [0.3, 0.4) is 0 Å². The smallest absolute Gasteiger partial charge is 0.124 e. The molecule has 2 nitrogen and oxygen atoms in total. The molecule has 0 aliphatic heterocycles. The molecule has 0 saturated carbocycles. The van der Waals surface area contributed by atoms with Gasteiger partial charge < -0.3 is 10.1 Å². The van der Waals surface area contributed by atoms with Crippen molar-refractivity contribution >= 4 is 17.3 Å². The highest BCUT2D eigenvalue weighted by Gasteiger charge is 2.04. The average Bonchev–Trinajstić information content (AvgIpc) is 2.40. The second kappa shape index (κ2) is 6.55. The van der Waals surface area contributed by atoms with Crippen molar-refractivity contribution < 1.29 is 9.13 Å². The molecule has 4 heteroatoms. The van der Waals surface area contributed by atoms with Crippen LogP contribution in [0.25, 0.3) is 0 Å². The molecule has 0 aliphatic rings. The fourth-order valence-corrected chi connectivity index (χ4v) is 2.06. The third kappa shape index (κ3) is 3.69. The maximum absolute atomic E-state index is 13.0. The molecular formula is C15H15ClFNO. The number of ether oxygens (including phenoxy) is 1. The fraction of sp³-hybridized carbons (Fsp3) is 0.200. The van der Waals surface area contributed by atoms with Gasteiger partial charge in [-0.3, -0.25) is 0 Å². The Bertz CT molecular complexity index is 560. The van der Waals surface area contributed by atoms with Gasteiger partial charge >= 0.3 is 0 Å². The number of halogens is 2. The molecule has 0 aromatic heterocycles. The summed E-state index contributed by atoms with van der Waals surface area (Å²) >= 11 is 5.99. The molecule has 0 bridgehead atoms. The molecule has 0 atom stereocenters. The van der Waals surface area contributed by atoms with Crippen LogP contribution < -0.4 is 5.32 Å². The maximum atomic E-state index is 13.0. The first-order valence-corrected chi connectivity index (χ1v) is 6.33. The van der Waals surface area contributed by atoms with Gasteiger partial charge in [-0.2, -0.15) is 0 Å². The van der Waals surface area contributed by atoms with E-state index in [1.807, 2.05) is 24.3 Å². The lowest BCUT2D eigenvalue weighted by atomic mass is 10.1. The Morgan fingerprint density at radius 1 is 1.16 bits per heavy atom. The minimum absolute atomic E-state index is 0.325. The van der Waals surface area contributed by atoms with Crippen LogP contribution in [0.5, 0.6) is 0 Å². The minimum Gasteiger partial charge on any atom is -0.381 e. The second-order valence-corrected chi connectivity index (χ2v) is 4.59. The molecule has 100 valence electrons. The van der Waals surface area contributed by atoms with Crippen molar-refractivity contribution in [1.29, 1.82) is 0 Å². The van der Waals surface area contributed by atoms with Crippen LogP contribution in [-0.2, 0) is 17.9 Å². The van der Waals surface area contributed by atoms with Crippen molar-refractivity contribution in [2.24, 2.45) is 0 Å². The van der Waals surface area contributed by atoms with Crippen LogP contribution in [0.15, 0.2) is 42.5 Å². The van der Waals surface area contributed by atoms with E-state index in [1.165, 1.54) is 12.1 Å². The summed E-state index contributed by atoms with van der Waals surface area (Å²) in [6, 6.07) is 12.3. The van der Waals surface area contributed by atoms with Crippen molar-refractivity contribution in [2.45, 2.75) is 13.2 Å². The molecule has 0 fully saturated rings. The van der Waals surface area contributed by atoms with Gasteiger partial charge in [0.15, 0.2) is 0 Å². The lowest BCUT2D eigenvalue weighted by molar-refractivity contribution is 0.185. The molecule has 1 N–H and O–H groups in total. The highest BCUT2D eigenvalue weighted by atomic mass is 35.5. The second-order valence-electron chi connectivity index (χ2n) is 4.18. The van der Waals surface area contributed by atoms with E-state index in [-0.39, 0.29) is 5.82 Å². The Labute approximate surface area is 117 Å². The standard InChI is InChI=1S/C15H15ClFNO/c1-19-10-12-4-2-3-5-15(12)18-9-11-6-7-13(17)8-14(11)16/h2-8,18H,9-10H2,1H3. The summed E-state index contributed by atoms with van der Waals surface area (Å²) < 4.78 is 18.1. The molecule has 2 aromatic carbocycles. The first-order chi connectivity index (χ1) is 9.20. The number of benzene rings is 2. The molecule has 19 heavy (non-hydrogen) atoms. The van der Waals surface area contributed by atoms with Gasteiger partial charge in [0.2, 0.25) is 0 Å². The Hall–Kier alpha value is -1.58. The summed E-state index contributed by atoms with van der Waals surface area (Å²) in [6.07, 6.45) is 0. The molecular weight excluding hydrogens is 265 g/mol. The van der Waals surface area contributed by atoms with Crippen molar-refractivity contribution in [3.8, 4) is 0 Å². The number of nitrogens with one attached hydrogen (secondary N) is 1. The summed E-state index contributed by atoms with van der Waals surface area (Å²) in [4.78, 5) is 0. The molecule has 0 amide bonds. The van der Waals surface area contributed by atoms with Crippen LogP contribution in [0, 0.1) is 5.82 Å². The van der Waals surface area contributed by atoms with Crippen molar-refractivity contribution in [1.82, 2.24) is 0 Å². The zero-order valence-corrected chi connectivity index (χ0v) is 11.4. The van der Waals surface area contributed by atoms with Crippen LogP contribution in [0.1, 0.15) is 11.1 Å². The summed E-state index contributed by atoms with van der Waals surface area (Å²) in [6.45, 7) is 1.08. The van der Waals surface area contributed by atoms with Gasteiger partial charge in [0.25, 0.3) is 0 Å². The Morgan fingerprint density at radius 3 is 2.68 bits per heavy atom. The lowest BCUT2D eigenvalue weighted by Crippen LogP contribution is -2.03. The van der Waals surface area contributed by atoms with Crippen LogP contribution in [0.2, 0.25) is 5.02 Å². The van der Waals surface area contributed by atoms with E-state index in [9.17, 15) is 4.39 Å². The number of methoxy groups -OCH3 is 1. The van der Waals surface area contributed by atoms with Gasteiger partial charge in [0.1, 0.15) is 5.82 Å². The normalized spacial score (nSPS) is 10.5. The fourth-order valence-electron chi connectivity index (χ4n) is 1.83. The van der Waals surface area contributed by atoms with Crippen LogP contribution in [-0.4, -0.2) is 7.11 Å². The van der Waals surface area contributed by atoms with Crippen LogP contribution >= 0.6 is 11.6 Å². The highest BCUT2D eigenvalue weighted by molar-refractivity contribution is 6.31. The maximum Gasteiger partial charge on any atom is 0.124 e. The predicted octanol–water partition coefficient (Wildman–Crippen LogP) is 4.24. The van der Waals surface area contributed by atoms with Gasteiger partial charge in [0.05, 0.1) is 6.61 Å². The van der Waals surface area contributed by atoms with E-state index in [2.05, 4.69) is 5.32 Å². The van der Waals surface area contributed by atoms with Gasteiger partial charge in [-0.15, -0.1) is 0 Å². The van der Waals surface area contributed by atoms with E-state index in [4.69, 9.17) is 16.3 Å². The van der Waals surface area contributed by atoms with E-state index in [0.717, 1.165) is 16.8 Å². The Kier molecular flexibility index (Phi) is 4.77. The molecule has 0 unspecified atom stereocenters. The largest absolute Gasteiger partial charge is 0.381 e. The number of anilines is 1. The predicted molar refractivity (Wildman–Crippen MR) is 75.9 cm³/mol. The number of hydrogen-bond donors (Lipinski definition) is 1. The van der Waals surface area contributed by atoms with Gasteiger partial charge in [-0.05, 0) is 23.8 Å². The molecule has 0 aliphatic carbocycles. The van der Waals surface area contributed by atoms with Crippen molar-refractivity contribution in [2.75, 3.05) is 12.4 Å². The summed E-state index contributed by atoms with van der Waals surface area (Å²) in [7, 11) is 1.66. The van der Waals surface area contributed by atoms with Gasteiger partial charge in [-0.1, -0.05) is 35.9 Å². The van der Waals surface area contributed by atoms with Crippen molar-refractivity contribution in [3.63, 3.8) is 0 Å². The molecule has 2 aromatic rings. The van der Waals surface area contributed by atoms with E-state index in [0.29, 0.717) is 18.2 Å². The number of para-hydroxylation sites is 1. The van der Waals surface area contributed by atoms with Crippen LogP contribution in [0.4, 0.5) is 10.1 Å². The first kappa shape index (κ1) is 13.8. The summed E-state index contributed by atoms with van der Waals surface area (Å²) in [5, 5.41) is 3.72. The van der Waals surface area contributed by atoms with E-state index in [1.54, 1.807) is 13.2 Å². The van der Waals surface area contributed by atoms with Gasteiger partial charge in [-0.25, -0.2) is 4.39 Å². The SMILES string of the molecule is COCc1ccccc1NCc1ccc(F)cc1Cl. The topological polar surface area (TPSA) is 21.3 Å². The number of rotatable bonds is 5. The Morgan fingerprint density at radius 2 is 1.95 bits per heavy atom. The average molecular weight is 280 g/mol. The highest BCUT2D eigenvalue weighted by Crippen LogP contribution is 2.21. The zero-order valence-electron chi connectivity index (χ0n) is 10.6. The first-order valence-electron chi connectivity index (χ1n) is 5.95. The molecule has 0 spiro atoms. The number of hydrogen-bond acceptors (Lipinski definition) is 2. The van der Waals surface area contributed by atoms with Crippen molar-refractivity contribution in [3.05, 3.63) is 64.4 Å². The van der Waals surface area contributed by atoms with Gasteiger partial charge in [0, 0.05) is 29.9 Å². The third-order valence-corrected chi connectivity index (χ3v) is 3.15. The quantitative estimate of drug-likeness (QED) is 0.884. The molecule has 2 rings (SSSR count). The summed E-state index contributed by atoms with van der Waals surface area (Å²) in [5.41, 5.74) is 2.92. The minimum atomic E-state index is -0.325. The van der Waals surface area contributed by atoms with E-state index < -0.39 is 0 Å². The third-order valence-electron chi connectivity index (χ3n) is 2.80. The molecule has 0 radical (unpaired) electrons. The monoisotopic (exact) mass is 279 g/mol. The molecule has 0 heterocycles. The molecule has 0 saturated heterocycles.